The van der Waals surface area contributed by atoms with Crippen LogP contribution in [0.1, 0.15) is 68.2 Å². The molecule has 1 saturated heterocycles. The van der Waals surface area contributed by atoms with E-state index < -0.39 is 74.6 Å². The number of hydrogen-bond acceptors (Lipinski definition) is 8. The van der Waals surface area contributed by atoms with E-state index in [9.17, 15) is 32.4 Å². The molecule has 51 heavy (non-hydrogen) atoms. The fourth-order valence-corrected chi connectivity index (χ4v) is 8.14. The Morgan fingerprint density at radius 1 is 1.06 bits per heavy atom. The number of rotatable bonds is 14. The van der Waals surface area contributed by atoms with Crippen LogP contribution in [0, 0.1) is 34.0 Å². The summed E-state index contributed by atoms with van der Waals surface area (Å²) in [5.41, 5.74) is -1.60. The molecular formula is C35H56N8O7S. The second kappa shape index (κ2) is 14.3. The third kappa shape index (κ3) is 8.65. The number of imidazole rings is 1. The van der Waals surface area contributed by atoms with Gasteiger partial charge in [0, 0.05) is 46.0 Å². The fraction of sp³-hybridized carbons (Fsp3) is 0.714. The molecule has 1 unspecified atom stereocenters. The second-order valence-electron chi connectivity index (χ2n) is 17.1. The van der Waals surface area contributed by atoms with Gasteiger partial charge in [0.1, 0.15) is 18.1 Å². The molecule has 1 aromatic heterocycles. The number of hydrogen-bond donors (Lipinski definition) is 4. The van der Waals surface area contributed by atoms with Crippen molar-refractivity contribution in [2.75, 3.05) is 26.7 Å². The van der Waals surface area contributed by atoms with Gasteiger partial charge in [-0.15, -0.1) is 6.58 Å². The van der Waals surface area contributed by atoms with Crippen LogP contribution in [0.5, 0.6) is 0 Å². The Morgan fingerprint density at radius 3 is 2.20 bits per heavy atom. The summed E-state index contributed by atoms with van der Waals surface area (Å²) in [6, 6.07) is -4.30. The van der Waals surface area contributed by atoms with Gasteiger partial charge in [0.2, 0.25) is 17.6 Å². The van der Waals surface area contributed by atoms with E-state index in [1.54, 1.807) is 7.05 Å². The first kappa shape index (κ1) is 40.0. The number of likely N-dealkylation sites (N-methyl/N-ethyl adjacent to an activating group) is 1. The minimum atomic E-state index is -3.95. The first-order valence-corrected chi connectivity index (χ1v) is 18.9. The highest BCUT2D eigenvalue weighted by molar-refractivity contribution is 7.89. The van der Waals surface area contributed by atoms with E-state index >= 15 is 0 Å². The summed E-state index contributed by atoms with van der Waals surface area (Å²) < 4.78 is 29.1. The summed E-state index contributed by atoms with van der Waals surface area (Å²) in [6.45, 7) is 19.0. The van der Waals surface area contributed by atoms with Crippen LogP contribution in [0.15, 0.2) is 30.2 Å². The maximum absolute atomic E-state index is 14.4. The highest BCUT2D eigenvalue weighted by Crippen LogP contribution is 2.65. The Kier molecular flexibility index (Phi) is 11.2. The van der Waals surface area contributed by atoms with Crippen LogP contribution in [-0.2, 0) is 36.2 Å². The van der Waals surface area contributed by atoms with Gasteiger partial charge in [0.05, 0.1) is 6.33 Å². The standard InChI is InChI=1S/C35H56N8O7S/c1-12-15-36-30(46)27(44)25(20-13-14-20)39-29(45)26-24-21(35(24,8)9)16-43(26)31(47)28(34(5,6)7)40-32(48)38-22(33(2,3)4)17-42(11)51(49,50)23-18-41(10)19-37-23/h12,18-22,24-26,28H,1,13-17H2,2-11H3,(H,36,46)(H,39,45)(H2,38,40,48)/t21-,22+,24-,25?,26-,28+/m0/s1. The van der Waals surface area contributed by atoms with E-state index in [-0.39, 0.29) is 41.3 Å². The van der Waals surface area contributed by atoms with Gasteiger partial charge in [-0.2, -0.15) is 4.31 Å². The van der Waals surface area contributed by atoms with Crippen LogP contribution in [-0.4, -0.2) is 108 Å². The monoisotopic (exact) mass is 732 g/mol. The predicted octanol–water partition coefficient (Wildman–Crippen LogP) is 1.42. The van der Waals surface area contributed by atoms with Crippen molar-refractivity contribution < 1.29 is 32.4 Å². The number of sulfonamides is 1. The number of piperidine rings is 1. The van der Waals surface area contributed by atoms with Crippen molar-refractivity contribution in [1.29, 1.82) is 0 Å². The lowest BCUT2D eigenvalue weighted by atomic mass is 9.85. The van der Waals surface area contributed by atoms with Gasteiger partial charge >= 0.3 is 6.03 Å². The molecule has 0 bridgehead atoms. The minimum absolute atomic E-state index is 0.0412. The van der Waals surface area contributed by atoms with Gasteiger partial charge in [-0.05, 0) is 46.8 Å². The molecule has 2 heterocycles. The van der Waals surface area contributed by atoms with E-state index in [0.717, 1.165) is 4.31 Å². The van der Waals surface area contributed by atoms with Crippen LogP contribution in [0.2, 0.25) is 0 Å². The zero-order valence-electron chi connectivity index (χ0n) is 31.6. The Labute approximate surface area is 301 Å². The van der Waals surface area contributed by atoms with Gasteiger partial charge in [-0.3, -0.25) is 19.2 Å². The predicted molar refractivity (Wildman–Crippen MR) is 190 cm³/mol. The summed E-state index contributed by atoms with van der Waals surface area (Å²) in [7, 11) is -0.857. The molecule has 2 saturated carbocycles. The number of urea groups is 1. The molecule has 4 N–H and O–H groups in total. The molecular weight excluding hydrogens is 677 g/mol. The van der Waals surface area contributed by atoms with Crippen LogP contribution < -0.4 is 21.3 Å². The molecule has 0 aromatic carbocycles. The number of nitrogens with zero attached hydrogens (tertiary/aromatic N) is 4. The number of likely N-dealkylation sites (tertiary alicyclic amines) is 1. The van der Waals surface area contributed by atoms with E-state index in [1.807, 2.05) is 55.4 Å². The van der Waals surface area contributed by atoms with Crippen molar-refractivity contribution in [3.05, 3.63) is 25.2 Å². The molecule has 16 heteroatoms. The van der Waals surface area contributed by atoms with E-state index in [1.165, 1.54) is 35.1 Å². The lowest BCUT2D eigenvalue weighted by Crippen LogP contribution is -2.63. The smallest absolute Gasteiger partial charge is 0.315 e. The van der Waals surface area contributed by atoms with Crippen molar-refractivity contribution in [2.45, 2.75) is 97.4 Å². The lowest BCUT2D eigenvalue weighted by molar-refractivity contribution is -0.145. The first-order valence-electron chi connectivity index (χ1n) is 17.5. The SMILES string of the molecule is C=CCNC(=O)C(=O)C(NC(=O)[C@@H]1[C@@H]2[C@H](CN1C(=O)[C@@H](NC(=O)N[C@H](CN(C)S(=O)(=O)c1cn(C)cn1)C(C)(C)C)C(C)(C)C)C2(C)C)C1CC1. The molecule has 0 spiro atoms. The van der Waals surface area contributed by atoms with Crippen LogP contribution >= 0.6 is 0 Å². The molecule has 3 fully saturated rings. The Balaban J connectivity index is 1.52. The summed E-state index contributed by atoms with van der Waals surface area (Å²) in [4.78, 5) is 73.3. The molecule has 4 rings (SSSR count). The Bertz CT molecular complexity index is 1650. The van der Waals surface area contributed by atoms with Gasteiger partial charge < -0.3 is 30.7 Å². The summed E-state index contributed by atoms with van der Waals surface area (Å²) in [5.74, 6) is -2.75. The van der Waals surface area contributed by atoms with Crippen LogP contribution in [0.3, 0.4) is 0 Å². The van der Waals surface area contributed by atoms with Crippen molar-refractivity contribution >= 4 is 39.6 Å². The molecule has 6 atom stereocenters. The number of aromatic nitrogens is 2. The molecule has 2 aliphatic carbocycles. The second-order valence-corrected chi connectivity index (χ2v) is 19.1. The summed E-state index contributed by atoms with van der Waals surface area (Å²) in [6.07, 6.45) is 5.65. The maximum atomic E-state index is 14.4. The lowest BCUT2D eigenvalue weighted by Gasteiger charge is -2.39. The quantitative estimate of drug-likeness (QED) is 0.163. The topological polar surface area (TPSA) is 192 Å². The third-order valence-electron chi connectivity index (χ3n) is 10.6. The minimum Gasteiger partial charge on any atom is -0.346 e. The first-order chi connectivity index (χ1) is 23.4. The maximum Gasteiger partial charge on any atom is 0.315 e. The van der Waals surface area contributed by atoms with Gasteiger partial charge in [0.15, 0.2) is 5.03 Å². The number of carbonyl (C=O) groups excluding carboxylic acids is 5. The van der Waals surface area contributed by atoms with Gasteiger partial charge in [-0.25, -0.2) is 18.2 Å². The van der Waals surface area contributed by atoms with E-state index in [2.05, 4.69) is 32.8 Å². The summed E-state index contributed by atoms with van der Waals surface area (Å²) >= 11 is 0. The number of amides is 5. The molecule has 1 aliphatic heterocycles. The average molecular weight is 733 g/mol. The Morgan fingerprint density at radius 2 is 1.69 bits per heavy atom. The Hall–Kier alpha value is -3.79. The van der Waals surface area contributed by atoms with Crippen LogP contribution in [0.4, 0.5) is 4.79 Å². The van der Waals surface area contributed by atoms with Gasteiger partial charge in [-0.1, -0.05) is 61.5 Å². The van der Waals surface area contributed by atoms with Crippen molar-refractivity contribution in [1.82, 2.24) is 40.0 Å². The summed E-state index contributed by atoms with van der Waals surface area (Å²) in [5, 5.41) is 11.0. The molecule has 15 nitrogen and oxygen atoms in total. The number of Topliss-reactive ketones (excluding diaryl/α,β-unsaturated/α-hetero) is 1. The van der Waals surface area contributed by atoms with Crippen LogP contribution in [0.25, 0.3) is 0 Å². The molecule has 1 aromatic rings. The van der Waals surface area contributed by atoms with E-state index in [0.29, 0.717) is 19.4 Å². The molecule has 0 radical (unpaired) electrons. The van der Waals surface area contributed by atoms with E-state index in [4.69, 9.17) is 0 Å². The number of ketones is 1. The highest BCUT2D eigenvalue weighted by atomic mass is 32.2. The molecule has 3 aliphatic rings. The average Bonchev–Trinajstić information content (AvgIpc) is 3.81. The third-order valence-corrected chi connectivity index (χ3v) is 12.3. The van der Waals surface area contributed by atoms with Gasteiger partial charge in [0.25, 0.3) is 15.9 Å². The highest BCUT2D eigenvalue weighted by Gasteiger charge is 2.70. The number of aryl methyl sites for hydroxylation is 1. The molecule has 284 valence electrons. The largest absolute Gasteiger partial charge is 0.346 e. The van der Waals surface area contributed by atoms with Crippen molar-refractivity contribution in [3.63, 3.8) is 0 Å². The van der Waals surface area contributed by atoms with Crippen molar-refractivity contribution in [2.24, 2.45) is 41.0 Å². The normalized spacial score (nSPS) is 23.0. The zero-order chi connectivity index (χ0) is 38.4. The number of nitrogens with one attached hydrogen (secondary N) is 4. The zero-order valence-corrected chi connectivity index (χ0v) is 32.4. The van der Waals surface area contributed by atoms with Crippen molar-refractivity contribution in [3.8, 4) is 0 Å². The fourth-order valence-electron chi connectivity index (χ4n) is 6.99. The molecule has 5 amide bonds. The number of carbonyl (C=O) groups is 5. The number of fused-ring (bicyclic) bond motifs is 1.